The highest BCUT2D eigenvalue weighted by molar-refractivity contribution is 7.47. The number of carbonyl (C=O) groups excluding carboxylic acids is 1. The molecule has 10 heteroatoms. The molecule has 31 heavy (non-hydrogen) atoms. The molecule has 1 heterocycles. The largest absolute Gasteiger partial charge is 0.472 e. The van der Waals surface area contributed by atoms with Crippen molar-refractivity contribution in [2.24, 2.45) is 10.2 Å². The molecule has 0 amide bonds. The monoisotopic (exact) mass is 464 g/mol. The summed E-state index contributed by atoms with van der Waals surface area (Å²) in [6, 6.07) is 0. The maximum Gasteiger partial charge on any atom is 0.472 e. The van der Waals surface area contributed by atoms with E-state index in [1.165, 1.54) is 44.9 Å². The standard InChI is InChI=1S/C21H41N2O7P/c1-3-4-5-6-7-8-9-10-11-12-13-14-18(25)20(19(26)17-24)30-31(27,28)29-16-15-21(2)22-23-21/h19-20,24,26H,3-17H2,1-2H3,(H,27,28)/t19-,20?/m0/s1. The molecule has 1 rings (SSSR count). The van der Waals surface area contributed by atoms with Crippen molar-refractivity contribution in [3.63, 3.8) is 0 Å². The smallest absolute Gasteiger partial charge is 0.394 e. The van der Waals surface area contributed by atoms with E-state index in [0.29, 0.717) is 12.8 Å². The van der Waals surface area contributed by atoms with Crippen LogP contribution in [0.25, 0.3) is 0 Å². The zero-order chi connectivity index (χ0) is 23.2. The van der Waals surface area contributed by atoms with Crippen molar-refractivity contribution in [3.05, 3.63) is 0 Å². The van der Waals surface area contributed by atoms with E-state index in [4.69, 9.17) is 9.05 Å². The number of carbonyl (C=O) groups is 1. The van der Waals surface area contributed by atoms with E-state index in [-0.39, 0.29) is 13.0 Å². The predicted molar refractivity (Wildman–Crippen MR) is 118 cm³/mol. The Bertz CT molecular complexity index is 582. The third-order valence-corrected chi connectivity index (χ3v) is 6.40. The first kappa shape index (κ1) is 28.3. The lowest BCUT2D eigenvalue weighted by Gasteiger charge is -2.23. The molecule has 0 aromatic rings. The van der Waals surface area contributed by atoms with E-state index in [9.17, 15) is 24.5 Å². The SMILES string of the molecule is CCCCCCCCCCCCCC(=O)C(OP(=O)(O)OCCC1(C)N=N1)[C@@H](O)CO. The zero-order valence-corrected chi connectivity index (χ0v) is 20.0. The fourth-order valence-electron chi connectivity index (χ4n) is 3.26. The van der Waals surface area contributed by atoms with Crippen molar-refractivity contribution in [2.75, 3.05) is 13.2 Å². The Morgan fingerprint density at radius 3 is 2.00 bits per heavy atom. The Balaban J connectivity index is 2.23. The van der Waals surface area contributed by atoms with Gasteiger partial charge in [0.05, 0.1) is 13.2 Å². The molecule has 0 radical (unpaired) electrons. The van der Waals surface area contributed by atoms with Gasteiger partial charge in [-0.05, 0) is 13.3 Å². The number of ketones is 1. The number of unbranched alkanes of at least 4 members (excludes halogenated alkanes) is 10. The van der Waals surface area contributed by atoms with Crippen LogP contribution in [0.5, 0.6) is 0 Å². The second kappa shape index (κ2) is 15.2. The molecule has 182 valence electrons. The van der Waals surface area contributed by atoms with Crippen molar-refractivity contribution in [2.45, 2.75) is 115 Å². The van der Waals surface area contributed by atoms with E-state index in [1.54, 1.807) is 6.92 Å². The highest BCUT2D eigenvalue weighted by Crippen LogP contribution is 2.46. The quantitative estimate of drug-likeness (QED) is 0.165. The Morgan fingerprint density at radius 1 is 1.00 bits per heavy atom. The average molecular weight is 465 g/mol. The van der Waals surface area contributed by atoms with E-state index < -0.39 is 38.1 Å². The minimum absolute atomic E-state index is 0.106. The topological polar surface area (TPSA) is 138 Å². The number of phosphoric ester groups is 1. The predicted octanol–water partition coefficient (Wildman–Crippen LogP) is 4.68. The number of hydrogen-bond acceptors (Lipinski definition) is 8. The van der Waals surface area contributed by atoms with Crippen molar-refractivity contribution in [3.8, 4) is 0 Å². The second-order valence-corrected chi connectivity index (χ2v) is 9.90. The fraction of sp³-hybridized carbons (Fsp3) is 0.952. The summed E-state index contributed by atoms with van der Waals surface area (Å²) in [6.45, 7) is 3.06. The van der Waals surface area contributed by atoms with Gasteiger partial charge in [-0.1, -0.05) is 71.1 Å². The van der Waals surface area contributed by atoms with Crippen LogP contribution in [0.1, 0.15) is 97.3 Å². The van der Waals surface area contributed by atoms with Crippen LogP contribution in [0.2, 0.25) is 0 Å². The van der Waals surface area contributed by atoms with Gasteiger partial charge in [-0.15, -0.1) is 0 Å². The van der Waals surface area contributed by atoms with Gasteiger partial charge in [0.15, 0.2) is 17.6 Å². The summed E-state index contributed by atoms with van der Waals surface area (Å²) in [5, 5.41) is 26.6. The van der Waals surface area contributed by atoms with Gasteiger partial charge in [0.2, 0.25) is 0 Å². The van der Waals surface area contributed by atoms with Crippen LogP contribution in [0, 0.1) is 0 Å². The molecule has 0 aliphatic carbocycles. The van der Waals surface area contributed by atoms with Crippen LogP contribution in [-0.2, 0) is 18.4 Å². The lowest BCUT2D eigenvalue weighted by molar-refractivity contribution is -0.134. The Kier molecular flexibility index (Phi) is 13.9. The third kappa shape index (κ3) is 13.4. The average Bonchev–Trinajstić information content (AvgIpc) is 3.46. The molecule has 0 aromatic heterocycles. The van der Waals surface area contributed by atoms with Crippen LogP contribution in [0.15, 0.2) is 10.2 Å². The molecule has 0 saturated heterocycles. The van der Waals surface area contributed by atoms with Gasteiger partial charge in [-0.3, -0.25) is 13.8 Å². The number of hydrogen-bond donors (Lipinski definition) is 3. The fourth-order valence-corrected chi connectivity index (χ4v) is 4.19. The molecular weight excluding hydrogens is 423 g/mol. The summed E-state index contributed by atoms with van der Waals surface area (Å²) in [6.07, 6.45) is 9.75. The summed E-state index contributed by atoms with van der Waals surface area (Å²) in [4.78, 5) is 22.3. The van der Waals surface area contributed by atoms with Gasteiger partial charge in [0, 0.05) is 12.8 Å². The number of aliphatic hydroxyl groups excluding tert-OH is 2. The van der Waals surface area contributed by atoms with Crippen LogP contribution < -0.4 is 0 Å². The molecule has 0 aromatic carbocycles. The van der Waals surface area contributed by atoms with Crippen LogP contribution in [0.3, 0.4) is 0 Å². The third-order valence-electron chi connectivity index (χ3n) is 5.40. The van der Waals surface area contributed by atoms with Crippen molar-refractivity contribution >= 4 is 13.6 Å². The van der Waals surface area contributed by atoms with Crippen molar-refractivity contribution < 1.29 is 33.5 Å². The van der Waals surface area contributed by atoms with Gasteiger partial charge >= 0.3 is 7.82 Å². The summed E-state index contributed by atoms with van der Waals surface area (Å²) in [5.41, 5.74) is -0.588. The lowest BCUT2D eigenvalue weighted by atomic mass is 10.0. The van der Waals surface area contributed by atoms with Crippen LogP contribution >= 0.6 is 7.82 Å². The first-order chi connectivity index (χ1) is 14.7. The summed E-state index contributed by atoms with van der Waals surface area (Å²) in [7, 11) is -4.57. The minimum atomic E-state index is -4.57. The summed E-state index contributed by atoms with van der Waals surface area (Å²) >= 11 is 0. The van der Waals surface area contributed by atoms with E-state index in [2.05, 4.69) is 17.2 Å². The number of rotatable bonds is 21. The number of aliphatic hydroxyl groups is 2. The van der Waals surface area contributed by atoms with Gasteiger partial charge in [-0.2, -0.15) is 10.2 Å². The van der Waals surface area contributed by atoms with Crippen molar-refractivity contribution in [1.82, 2.24) is 0 Å². The summed E-state index contributed by atoms with van der Waals surface area (Å²) in [5.74, 6) is -0.519. The van der Waals surface area contributed by atoms with Crippen molar-refractivity contribution in [1.29, 1.82) is 0 Å². The van der Waals surface area contributed by atoms with E-state index in [1.807, 2.05) is 0 Å². The zero-order valence-electron chi connectivity index (χ0n) is 19.1. The Hall–Kier alpha value is -0.700. The van der Waals surface area contributed by atoms with E-state index in [0.717, 1.165) is 19.3 Å². The molecule has 0 spiro atoms. The first-order valence-electron chi connectivity index (χ1n) is 11.6. The normalized spacial score (nSPS) is 18.5. The number of phosphoric acid groups is 1. The molecule has 2 unspecified atom stereocenters. The Morgan fingerprint density at radius 2 is 1.52 bits per heavy atom. The van der Waals surface area contributed by atoms with Gasteiger partial charge in [0.1, 0.15) is 6.10 Å². The molecule has 9 nitrogen and oxygen atoms in total. The van der Waals surface area contributed by atoms with Crippen LogP contribution in [-0.4, -0.2) is 52.0 Å². The van der Waals surface area contributed by atoms with Gasteiger partial charge < -0.3 is 15.1 Å². The molecule has 3 N–H and O–H groups in total. The second-order valence-electron chi connectivity index (χ2n) is 8.50. The molecule has 0 bridgehead atoms. The molecule has 1 aliphatic rings. The summed E-state index contributed by atoms with van der Waals surface area (Å²) < 4.78 is 21.9. The molecule has 3 atom stereocenters. The Labute approximate surface area is 186 Å². The number of Topliss-reactive ketones (excluding diaryl/α,β-unsaturated/α-hetero) is 1. The minimum Gasteiger partial charge on any atom is -0.394 e. The first-order valence-corrected chi connectivity index (χ1v) is 13.1. The molecule has 0 fully saturated rings. The maximum atomic E-state index is 12.4. The molecule has 1 aliphatic heterocycles. The number of nitrogens with zero attached hydrogens (tertiary/aromatic N) is 2. The highest BCUT2D eigenvalue weighted by atomic mass is 31.2. The maximum absolute atomic E-state index is 12.4. The molecule has 0 saturated carbocycles. The molecular formula is C21H41N2O7P. The highest BCUT2D eigenvalue weighted by Gasteiger charge is 2.38. The van der Waals surface area contributed by atoms with Crippen LogP contribution in [0.4, 0.5) is 0 Å². The van der Waals surface area contributed by atoms with E-state index >= 15 is 0 Å². The van der Waals surface area contributed by atoms with Gasteiger partial charge in [0.25, 0.3) is 0 Å². The van der Waals surface area contributed by atoms with Gasteiger partial charge in [-0.25, -0.2) is 4.57 Å². The lowest BCUT2D eigenvalue weighted by Crippen LogP contribution is -2.38.